The lowest BCUT2D eigenvalue weighted by molar-refractivity contribution is 0.0529. The van der Waals surface area contributed by atoms with E-state index in [2.05, 4.69) is 10.6 Å². The molecule has 0 saturated heterocycles. The second-order valence-electron chi connectivity index (χ2n) is 3.77. The van der Waals surface area contributed by atoms with Crippen molar-refractivity contribution in [3.05, 3.63) is 0 Å². The molecule has 0 heterocycles. The van der Waals surface area contributed by atoms with Crippen molar-refractivity contribution in [1.82, 2.24) is 10.6 Å². The summed E-state index contributed by atoms with van der Waals surface area (Å²) >= 11 is 0. The molecular weight excluding hydrogens is 184 g/mol. The van der Waals surface area contributed by atoms with Gasteiger partial charge in [0, 0.05) is 13.1 Å². The number of ether oxygens (including phenoxy) is 1. The smallest absolute Gasteiger partial charge is 0.407 e. The molecule has 0 aliphatic heterocycles. The quantitative estimate of drug-likeness (QED) is 0.294. The summed E-state index contributed by atoms with van der Waals surface area (Å²) in [5, 5.41) is 11.9. The lowest BCUT2D eigenvalue weighted by Gasteiger charge is -2.19. The third-order valence-corrected chi connectivity index (χ3v) is 1.11. The van der Waals surface area contributed by atoms with Crippen LogP contribution in [0, 0.1) is 5.41 Å². The third kappa shape index (κ3) is 8.63. The van der Waals surface area contributed by atoms with Gasteiger partial charge in [-0.1, -0.05) is 0 Å². The second-order valence-corrected chi connectivity index (χ2v) is 3.77. The second kappa shape index (κ2) is 5.31. The van der Waals surface area contributed by atoms with Crippen LogP contribution in [0.5, 0.6) is 0 Å². The minimum Gasteiger partial charge on any atom is -0.444 e. The van der Waals surface area contributed by atoms with Gasteiger partial charge in [-0.2, -0.15) is 0 Å². The molecular formula is C8H18N4O2. The van der Waals surface area contributed by atoms with Crippen molar-refractivity contribution in [3.8, 4) is 0 Å². The first-order valence-electron chi connectivity index (χ1n) is 4.36. The Balaban J connectivity index is 3.50. The molecule has 0 aliphatic rings. The Hall–Kier alpha value is -1.46. The fourth-order valence-electron chi connectivity index (χ4n) is 0.676. The van der Waals surface area contributed by atoms with Crippen LogP contribution in [0.25, 0.3) is 0 Å². The molecule has 0 bridgehead atoms. The van der Waals surface area contributed by atoms with Crippen LogP contribution in [0.3, 0.4) is 0 Å². The molecule has 82 valence electrons. The van der Waals surface area contributed by atoms with Crippen LogP contribution < -0.4 is 16.4 Å². The molecule has 0 rings (SSSR count). The number of nitrogens with two attached hydrogens (primary N) is 1. The van der Waals surface area contributed by atoms with Crippen LogP contribution in [0.15, 0.2) is 0 Å². The van der Waals surface area contributed by atoms with E-state index in [0.717, 1.165) is 0 Å². The van der Waals surface area contributed by atoms with Gasteiger partial charge in [0.05, 0.1) is 0 Å². The van der Waals surface area contributed by atoms with E-state index >= 15 is 0 Å². The normalized spacial score (nSPS) is 10.5. The Morgan fingerprint density at radius 3 is 2.29 bits per heavy atom. The Morgan fingerprint density at radius 1 is 1.36 bits per heavy atom. The first kappa shape index (κ1) is 12.5. The highest BCUT2D eigenvalue weighted by Gasteiger charge is 2.15. The summed E-state index contributed by atoms with van der Waals surface area (Å²) in [7, 11) is 0. The Labute approximate surface area is 83.7 Å². The van der Waals surface area contributed by atoms with Gasteiger partial charge in [0.1, 0.15) is 5.60 Å². The summed E-state index contributed by atoms with van der Waals surface area (Å²) in [6.45, 7) is 6.16. The van der Waals surface area contributed by atoms with E-state index in [0.29, 0.717) is 13.1 Å². The molecule has 14 heavy (non-hydrogen) atoms. The third-order valence-electron chi connectivity index (χ3n) is 1.11. The minimum atomic E-state index is -0.488. The van der Waals surface area contributed by atoms with Gasteiger partial charge in [-0.25, -0.2) is 4.79 Å². The van der Waals surface area contributed by atoms with Crippen LogP contribution in [0.1, 0.15) is 20.8 Å². The molecule has 0 radical (unpaired) electrons. The molecule has 0 aliphatic carbocycles. The van der Waals surface area contributed by atoms with E-state index in [1.165, 1.54) is 0 Å². The Bertz CT molecular complexity index is 210. The molecule has 5 N–H and O–H groups in total. The van der Waals surface area contributed by atoms with Gasteiger partial charge >= 0.3 is 6.09 Å². The predicted molar refractivity (Wildman–Crippen MR) is 54.2 cm³/mol. The summed E-state index contributed by atoms with van der Waals surface area (Å²) < 4.78 is 4.98. The zero-order valence-corrected chi connectivity index (χ0v) is 8.81. The average Bonchev–Trinajstić information content (AvgIpc) is 1.94. The number of alkyl carbamates (subject to hydrolysis) is 1. The number of carbonyl (C=O) groups is 1. The monoisotopic (exact) mass is 202 g/mol. The van der Waals surface area contributed by atoms with Gasteiger partial charge in [-0.05, 0) is 20.8 Å². The largest absolute Gasteiger partial charge is 0.444 e. The fraction of sp³-hybridized carbons (Fsp3) is 0.750. The zero-order chi connectivity index (χ0) is 11.2. The summed E-state index contributed by atoms with van der Waals surface area (Å²) in [6, 6.07) is 0. The summed E-state index contributed by atoms with van der Waals surface area (Å²) in [5.74, 6) is -0.115. The van der Waals surface area contributed by atoms with Crippen molar-refractivity contribution >= 4 is 12.1 Å². The van der Waals surface area contributed by atoms with Crippen molar-refractivity contribution in [2.75, 3.05) is 13.1 Å². The van der Waals surface area contributed by atoms with E-state index in [9.17, 15) is 4.79 Å². The molecule has 0 aromatic rings. The van der Waals surface area contributed by atoms with Crippen molar-refractivity contribution < 1.29 is 9.53 Å². The maximum atomic E-state index is 11.1. The SMILES string of the molecule is CC(C)(C)OC(=O)NCCNC(=N)N. The van der Waals surface area contributed by atoms with Crippen LogP contribution in [-0.2, 0) is 4.74 Å². The van der Waals surface area contributed by atoms with E-state index in [1.54, 1.807) is 20.8 Å². The lowest BCUT2D eigenvalue weighted by atomic mass is 10.2. The molecule has 6 heteroatoms. The van der Waals surface area contributed by atoms with E-state index < -0.39 is 11.7 Å². The zero-order valence-electron chi connectivity index (χ0n) is 8.81. The molecule has 0 saturated carbocycles. The van der Waals surface area contributed by atoms with Crippen molar-refractivity contribution in [3.63, 3.8) is 0 Å². The molecule has 6 nitrogen and oxygen atoms in total. The molecule has 0 aromatic carbocycles. The number of hydrogen-bond acceptors (Lipinski definition) is 3. The average molecular weight is 202 g/mol. The molecule has 1 amide bonds. The fourth-order valence-corrected chi connectivity index (χ4v) is 0.676. The maximum Gasteiger partial charge on any atom is 0.407 e. The predicted octanol–water partition coefficient (Wildman–Crippen LogP) is -0.00583. The van der Waals surface area contributed by atoms with Crippen LogP contribution in [0.4, 0.5) is 4.79 Å². The van der Waals surface area contributed by atoms with Gasteiger partial charge in [0.25, 0.3) is 0 Å². The number of guanidine groups is 1. The number of hydrogen-bond donors (Lipinski definition) is 4. The number of rotatable bonds is 3. The van der Waals surface area contributed by atoms with E-state index in [-0.39, 0.29) is 5.96 Å². The van der Waals surface area contributed by atoms with Gasteiger partial charge < -0.3 is 21.1 Å². The first-order chi connectivity index (χ1) is 6.31. The first-order valence-corrected chi connectivity index (χ1v) is 4.36. The molecule has 0 spiro atoms. The minimum absolute atomic E-state index is 0.115. The van der Waals surface area contributed by atoms with Crippen LogP contribution >= 0.6 is 0 Å². The van der Waals surface area contributed by atoms with Gasteiger partial charge in [-0.15, -0.1) is 0 Å². The summed E-state index contributed by atoms with van der Waals surface area (Å²) in [4.78, 5) is 11.1. The van der Waals surface area contributed by atoms with Crippen molar-refractivity contribution in [2.24, 2.45) is 5.73 Å². The topological polar surface area (TPSA) is 100 Å². The highest BCUT2D eigenvalue weighted by atomic mass is 16.6. The summed E-state index contributed by atoms with van der Waals surface area (Å²) in [5.41, 5.74) is 4.55. The standard InChI is InChI=1S/C8H18N4O2/c1-8(2,3)14-7(13)12-5-4-11-6(9)10/h4-5H2,1-3H3,(H,12,13)(H4,9,10,11). The van der Waals surface area contributed by atoms with Gasteiger partial charge in [0.2, 0.25) is 0 Å². The molecule has 0 fully saturated rings. The maximum absolute atomic E-state index is 11.1. The number of amides is 1. The molecule has 0 aromatic heterocycles. The highest BCUT2D eigenvalue weighted by molar-refractivity contribution is 5.74. The number of carbonyl (C=O) groups excluding carboxylic acids is 1. The molecule has 0 unspecified atom stereocenters. The van der Waals surface area contributed by atoms with Crippen LogP contribution in [0.2, 0.25) is 0 Å². The van der Waals surface area contributed by atoms with Crippen molar-refractivity contribution in [1.29, 1.82) is 5.41 Å². The van der Waals surface area contributed by atoms with E-state index in [1.807, 2.05) is 0 Å². The summed E-state index contributed by atoms with van der Waals surface area (Å²) in [6.07, 6.45) is -0.470. The van der Waals surface area contributed by atoms with Gasteiger partial charge in [-0.3, -0.25) is 5.41 Å². The van der Waals surface area contributed by atoms with Crippen molar-refractivity contribution in [2.45, 2.75) is 26.4 Å². The Morgan fingerprint density at radius 2 is 1.86 bits per heavy atom. The Kier molecular flexibility index (Phi) is 4.76. The number of nitrogens with one attached hydrogen (secondary N) is 3. The lowest BCUT2D eigenvalue weighted by Crippen LogP contribution is -2.39. The highest BCUT2D eigenvalue weighted by Crippen LogP contribution is 2.05. The van der Waals surface area contributed by atoms with E-state index in [4.69, 9.17) is 15.9 Å². The van der Waals surface area contributed by atoms with Crippen LogP contribution in [-0.4, -0.2) is 30.7 Å². The van der Waals surface area contributed by atoms with Gasteiger partial charge in [0.15, 0.2) is 5.96 Å². The molecule has 0 atom stereocenters.